The molecule has 0 atom stereocenters. The molecule has 4 nitrogen and oxygen atoms in total. The standard InChI is InChI=1S/C55H36BNO3/c1-35-30-39(36-14-5-2-6-15-36)26-29-47(35)57(48-22-13-21-44-43-20-11-12-23-49(43)60-55(44)48)42-33-52-54-53(34-42)59-51-32-41(38-18-9-4-10-19-38)25-28-46(51)56(54)45-27-24-40(31-50(45)58-52)37-16-7-3-8-17-37/h2-34H,1H3. The van der Waals surface area contributed by atoms with Crippen LogP contribution in [0.1, 0.15) is 5.56 Å². The molecular formula is C55H36BNO3. The van der Waals surface area contributed by atoms with Crippen molar-refractivity contribution in [3.8, 4) is 56.4 Å². The lowest BCUT2D eigenvalue weighted by atomic mass is 9.34. The van der Waals surface area contributed by atoms with E-state index in [0.29, 0.717) is 0 Å². The summed E-state index contributed by atoms with van der Waals surface area (Å²) >= 11 is 0. The number of fused-ring (bicyclic) bond motifs is 7. The van der Waals surface area contributed by atoms with Crippen molar-refractivity contribution in [1.29, 1.82) is 0 Å². The number of benzene rings is 9. The third-order valence-electron chi connectivity index (χ3n) is 12.1. The van der Waals surface area contributed by atoms with E-state index < -0.39 is 0 Å². The Labute approximate surface area is 348 Å². The van der Waals surface area contributed by atoms with E-state index in [-0.39, 0.29) is 6.71 Å². The average Bonchev–Trinajstić information content (AvgIpc) is 3.69. The number of aryl methyl sites for hydroxylation is 1. The minimum Gasteiger partial charge on any atom is -0.458 e. The molecule has 60 heavy (non-hydrogen) atoms. The lowest BCUT2D eigenvalue weighted by Crippen LogP contribution is -2.57. The molecule has 0 saturated carbocycles. The van der Waals surface area contributed by atoms with Crippen LogP contribution < -0.4 is 30.8 Å². The summed E-state index contributed by atoms with van der Waals surface area (Å²) in [5.74, 6) is 3.21. The molecular weight excluding hydrogens is 733 g/mol. The fraction of sp³-hybridized carbons (Fsp3) is 0.0182. The van der Waals surface area contributed by atoms with Gasteiger partial charge in [-0.1, -0.05) is 152 Å². The van der Waals surface area contributed by atoms with Gasteiger partial charge in [-0.3, -0.25) is 0 Å². The van der Waals surface area contributed by atoms with E-state index in [1.54, 1.807) is 0 Å². The quantitative estimate of drug-likeness (QED) is 0.158. The van der Waals surface area contributed by atoms with Crippen molar-refractivity contribution in [2.45, 2.75) is 6.92 Å². The number of furan rings is 1. The highest BCUT2D eigenvalue weighted by Gasteiger charge is 2.41. The van der Waals surface area contributed by atoms with Crippen LogP contribution in [0.2, 0.25) is 0 Å². The molecule has 0 aliphatic carbocycles. The Balaban J connectivity index is 1.09. The Kier molecular flexibility index (Phi) is 7.82. The molecule has 0 bridgehead atoms. The molecule has 0 unspecified atom stereocenters. The summed E-state index contributed by atoms with van der Waals surface area (Å²) in [6.45, 7) is 2.09. The molecule has 0 radical (unpaired) electrons. The van der Waals surface area contributed by atoms with Gasteiger partial charge in [0.25, 0.3) is 6.71 Å². The van der Waals surface area contributed by atoms with Gasteiger partial charge in [0, 0.05) is 34.1 Å². The van der Waals surface area contributed by atoms with Gasteiger partial charge in [0.2, 0.25) is 0 Å². The molecule has 9 aromatic carbocycles. The predicted octanol–water partition coefficient (Wildman–Crippen LogP) is 13.1. The molecule has 10 aromatic rings. The molecule has 0 N–H and O–H groups in total. The molecule has 5 heteroatoms. The Morgan fingerprint density at radius 1 is 0.400 bits per heavy atom. The second-order valence-corrected chi connectivity index (χ2v) is 15.7. The number of hydrogen-bond donors (Lipinski definition) is 0. The Morgan fingerprint density at radius 2 is 0.917 bits per heavy atom. The van der Waals surface area contributed by atoms with Crippen LogP contribution in [0.15, 0.2) is 205 Å². The van der Waals surface area contributed by atoms with Crippen LogP contribution in [0.4, 0.5) is 17.1 Å². The molecule has 0 saturated heterocycles. The Hall–Kier alpha value is -7.76. The first-order valence-corrected chi connectivity index (χ1v) is 20.4. The number of hydrogen-bond acceptors (Lipinski definition) is 4. The zero-order valence-corrected chi connectivity index (χ0v) is 32.8. The van der Waals surface area contributed by atoms with E-state index >= 15 is 0 Å². The van der Waals surface area contributed by atoms with Gasteiger partial charge in [0.15, 0.2) is 5.58 Å². The maximum Gasteiger partial charge on any atom is 0.260 e. The molecule has 3 heterocycles. The number of nitrogens with zero attached hydrogens (tertiary/aromatic N) is 1. The molecule has 0 fully saturated rings. The second kappa shape index (κ2) is 13.7. The molecule has 2 aliphatic heterocycles. The van der Waals surface area contributed by atoms with Crippen LogP contribution in [0, 0.1) is 6.92 Å². The third kappa shape index (κ3) is 5.54. The van der Waals surface area contributed by atoms with E-state index in [4.69, 9.17) is 13.9 Å². The minimum absolute atomic E-state index is 0.0923. The van der Waals surface area contributed by atoms with Crippen LogP contribution in [0.5, 0.6) is 23.0 Å². The number of rotatable bonds is 6. The molecule has 1 aromatic heterocycles. The van der Waals surface area contributed by atoms with Gasteiger partial charge in [0.05, 0.1) is 11.4 Å². The first kappa shape index (κ1) is 34.3. The largest absolute Gasteiger partial charge is 0.458 e. The fourth-order valence-corrected chi connectivity index (χ4v) is 9.26. The van der Waals surface area contributed by atoms with Crippen molar-refractivity contribution >= 4 is 62.1 Å². The van der Waals surface area contributed by atoms with Crippen LogP contribution in [0.3, 0.4) is 0 Å². The molecule has 282 valence electrons. The molecule has 12 rings (SSSR count). The van der Waals surface area contributed by atoms with Gasteiger partial charge in [0.1, 0.15) is 28.6 Å². The van der Waals surface area contributed by atoms with E-state index in [1.165, 1.54) is 5.56 Å². The highest BCUT2D eigenvalue weighted by Crippen LogP contribution is 2.47. The van der Waals surface area contributed by atoms with E-state index in [2.05, 4.69) is 200 Å². The summed E-state index contributed by atoms with van der Waals surface area (Å²) in [6.07, 6.45) is 0. The first-order chi connectivity index (χ1) is 29.6. The van der Waals surface area contributed by atoms with Gasteiger partial charge in [-0.2, -0.15) is 0 Å². The van der Waals surface area contributed by atoms with Crippen molar-refractivity contribution in [1.82, 2.24) is 0 Å². The first-order valence-electron chi connectivity index (χ1n) is 20.4. The summed E-state index contributed by atoms with van der Waals surface area (Å²) in [7, 11) is 0. The van der Waals surface area contributed by atoms with E-state index in [9.17, 15) is 0 Å². The molecule has 0 spiro atoms. The van der Waals surface area contributed by atoms with Crippen molar-refractivity contribution in [2.24, 2.45) is 0 Å². The van der Waals surface area contributed by atoms with Crippen LogP contribution in [-0.4, -0.2) is 6.71 Å². The lowest BCUT2D eigenvalue weighted by molar-refractivity contribution is 0.465. The van der Waals surface area contributed by atoms with Crippen LogP contribution in [-0.2, 0) is 0 Å². The predicted molar refractivity (Wildman–Crippen MR) is 247 cm³/mol. The topological polar surface area (TPSA) is 34.8 Å². The summed E-state index contributed by atoms with van der Waals surface area (Å²) in [5.41, 5.74) is 15.7. The second-order valence-electron chi connectivity index (χ2n) is 15.7. The van der Waals surface area contributed by atoms with Crippen LogP contribution in [0.25, 0.3) is 55.3 Å². The Morgan fingerprint density at radius 3 is 1.50 bits per heavy atom. The van der Waals surface area contributed by atoms with E-state index in [0.717, 1.165) is 112 Å². The summed E-state index contributed by atoms with van der Waals surface area (Å²) < 4.78 is 20.9. The monoisotopic (exact) mass is 769 g/mol. The number of ether oxygens (including phenoxy) is 2. The van der Waals surface area contributed by atoms with Gasteiger partial charge in [-0.15, -0.1) is 0 Å². The SMILES string of the molecule is Cc1cc(-c2ccccc2)ccc1N(c1cc2c3c(c1)Oc1cc(-c4ccccc4)ccc1B3c1ccc(-c3ccccc3)cc1O2)c1cccc2c1oc1ccccc12. The summed E-state index contributed by atoms with van der Waals surface area (Å²) in [4.78, 5) is 2.30. The lowest BCUT2D eigenvalue weighted by Gasteiger charge is -2.35. The smallest absolute Gasteiger partial charge is 0.260 e. The van der Waals surface area contributed by atoms with E-state index in [1.807, 2.05) is 12.1 Å². The maximum absolute atomic E-state index is 7.07. The zero-order valence-electron chi connectivity index (χ0n) is 32.8. The van der Waals surface area contributed by atoms with Gasteiger partial charge >= 0.3 is 0 Å². The van der Waals surface area contributed by atoms with Crippen molar-refractivity contribution in [3.63, 3.8) is 0 Å². The van der Waals surface area contributed by atoms with Gasteiger partial charge in [-0.25, -0.2) is 0 Å². The van der Waals surface area contributed by atoms with Crippen molar-refractivity contribution in [3.05, 3.63) is 206 Å². The Bertz CT molecular complexity index is 3170. The zero-order chi connectivity index (χ0) is 39.7. The maximum atomic E-state index is 7.07. The molecule has 0 amide bonds. The average molecular weight is 770 g/mol. The number of anilines is 3. The highest BCUT2D eigenvalue weighted by atomic mass is 16.5. The summed E-state index contributed by atoms with van der Waals surface area (Å²) in [5, 5.41) is 2.14. The van der Waals surface area contributed by atoms with Crippen molar-refractivity contribution in [2.75, 3.05) is 4.90 Å². The molecule has 2 aliphatic rings. The van der Waals surface area contributed by atoms with Gasteiger partial charge in [-0.05, 0) is 93.2 Å². The summed E-state index contributed by atoms with van der Waals surface area (Å²) in [6, 6.07) is 70.5. The normalized spacial score (nSPS) is 12.3. The number of para-hydroxylation sites is 2. The third-order valence-corrected chi connectivity index (χ3v) is 12.1. The van der Waals surface area contributed by atoms with Gasteiger partial charge < -0.3 is 18.8 Å². The van der Waals surface area contributed by atoms with Crippen LogP contribution >= 0.6 is 0 Å². The minimum atomic E-state index is -0.0923. The highest BCUT2D eigenvalue weighted by molar-refractivity contribution is 6.98. The van der Waals surface area contributed by atoms with Crippen molar-refractivity contribution < 1.29 is 13.9 Å². The fourth-order valence-electron chi connectivity index (χ4n) is 9.26.